The number of pyridine rings is 4. The summed E-state index contributed by atoms with van der Waals surface area (Å²) in [5.74, 6) is -0.200. The predicted molar refractivity (Wildman–Crippen MR) is 225 cm³/mol. The van der Waals surface area contributed by atoms with Gasteiger partial charge < -0.3 is 34.7 Å². The number of aromatic carboxylic acids is 2. The van der Waals surface area contributed by atoms with E-state index in [1.165, 1.54) is 0 Å². The van der Waals surface area contributed by atoms with E-state index in [-0.39, 0.29) is 22.9 Å². The molecule has 0 aromatic carbocycles. The Morgan fingerprint density at radius 1 is 0.610 bits per heavy atom. The van der Waals surface area contributed by atoms with Crippen molar-refractivity contribution in [3.05, 3.63) is 93.2 Å². The van der Waals surface area contributed by atoms with Crippen molar-refractivity contribution in [3.63, 3.8) is 0 Å². The average Bonchev–Trinajstić information content (AvgIpc) is 3.42. The van der Waals surface area contributed by atoms with Gasteiger partial charge in [0.2, 0.25) is 0 Å². The molecule has 15 heteroatoms. The summed E-state index contributed by atoms with van der Waals surface area (Å²) in [6.07, 6.45) is 1.62. The zero-order valence-corrected chi connectivity index (χ0v) is 35.5. The zero-order valence-electron chi connectivity index (χ0n) is 35.5. The van der Waals surface area contributed by atoms with Crippen LogP contribution in [-0.4, -0.2) is 121 Å². The lowest BCUT2D eigenvalue weighted by molar-refractivity contribution is 0.0500. The van der Waals surface area contributed by atoms with Gasteiger partial charge in [0.15, 0.2) is 0 Å². The van der Waals surface area contributed by atoms with E-state index in [1.807, 2.05) is 55.7 Å². The van der Waals surface area contributed by atoms with Crippen molar-refractivity contribution in [2.75, 3.05) is 60.5 Å². The molecule has 4 aromatic rings. The lowest BCUT2D eigenvalue weighted by Crippen LogP contribution is -2.61. The molecule has 0 radical (unpaired) electrons. The molecule has 310 valence electrons. The number of anilines is 4. The number of piperazine rings is 2. The molecule has 2 amide bonds. The average molecular weight is 804 g/mol. The molecule has 0 aliphatic carbocycles. The van der Waals surface area contributed by atoms with Crippen LogP contribution in [-0.2, 0) is 5.41 Å². The summed E-state index contributed by atoms with van der Waals surface area (Å²) in [7, 11) is 0. The topological polar surface area (TPSA) is 176 Å². The lowest BCUT2D eigenvalue weighted by Gasteiger charge is -2.47. The molecule has 2 fully saturated rings. The summed E-state index contributed by atoms with van der Waals surface area (Å²) in [6.45, 7) is 22.9. The molecule has 15 nitrogen and oxygen atoms in total. The highest BCUT2D eigenvalue weighted by Crippen LogP contribution is 2.43. The second-order valence-corrected chi connectivity index (χ2v) is 17.9. The number of carboxylic acids is 2. The van der Waals surface area contributed by atoms with Gasteiger partial charge >= 0.3 is 11.9 Å². The number of amides is 2. The fraction of sp³-hybridized carbons (Fsp3) is 0.455. The van der Waals surface area contributed by atoms with E-state index in [4.69, 9.17) is 9.97 Å². The van der Waals surface area contributed by atoms with Crippen LogP contribution in [0.1, 0.15) is 111 Å². The number of carbonyl (C=O) groups is 4. The Hall–Kier alpha value is -6.12. The van der Waals surface area contributed by atoms with Crippen LogP contribution in [0.25, 0.3) is 0 Å². The van der Waals surface area contributed by atoms with Gasteiger partial charge in [-0.25, -0.2) is 29.5 Å². The molecule has 2 N–H and O–H groups in total. The van der Waals surface area contributed by atoms with Crippen LogP contribution in [0.3, 0.4) is 0 Å². The summed E-state index contributed by atoms with van der Waals surface area (Å²) in [4.78, 5) is 80.5. The molecule has 3 aliphatic heterocycles. The normalized spacial score (nSPS) is 18.2. The Bertz CT molecular complexity index is 2350. The second-order valence-electron chi connectivity index (χ2n) is 17.9. The zero-order chi connectivity index (χ0) is 42.9. The third-order valence-corrected chi connectivity index (χ3v) is 12.0. The maximum Gasteiger partial charge on any atom is 0.337 e. The minimum Gasteiger partial charge on any atom is -0.478 e. The van der Waals surface area contributed by atoms with Crippen molar-refractivity contribution in [2.45, 2.75) is 85.7 Å². The fourth-order valence-corrected chi connectivity index (χ4v) is 9.06. The maximum atomic E-state index is 14.2. The van der Waals surface area contributed by atoms with Crippen LogP contribution in [0.5, 0.6) is 0 Å². The molecule has 4 aromatic heterocycles. The molecular weight excluding hydrogens is 751 g/mol. The Kier molecular flexibility index (Phi) is 10.2. The summed E-state index contributed by atoms with van der Waals surface area (Å²) in [5, 5.41) is 19.2. The van der Waals surface area contributed by atoms with Crippen LogP contribution in [0, 0.1) is 27.7 Å². The quantitative estimate of drug-likeness (QED) is 0.229. The van der Waals surface area contributed by atoms with Gasteiger partial charge in [-0.2, -0.15) is 0 Å². The van der Waals surface area contributed by atoms with Crippen LogP contribution in [0.15, 0.2) is 42.6 Å². The molecule has 0 saturated carbocycles. The molecule has 7 heterocycles. The summed E-state index contributed by atoms with van der Waals surface area (Å²) in [5.41, 5.74) is 3.65. The lowest BCUT2D eigenvalue weighted by atomic mass is 9.91. The standard InChI is InChI=1S/C44H53N9O6/c1-25-19-33(46-27(3)35(25)40(56)57)49-15-17-52(43(7,8)23-49)38(54)29-11-14-32(45-21-29)51-22-42(5,6)37-31(51)13-12-30(48-37)39(55)53-18-16-50(24-44(53,9)10)34-20-26(2)36(41(58)59)28(4)47-34/h11-14,19-21H,15-18,22-24H2,1-10H3,(H,56,57)(H,58,59). The van der Waals surface area contributed by atoms with E-state index in [0.717, 1.165) is 11.4 Å². The Morgan fingerprint density at radius 2 is 1.12 bits per heavy atom. The first-order valence-corrected chi connectivity index (χ1v) is 19.9. The SMILES string of the molecule is Cc1cc(N2CCN(C(=O)c3ccc(N4CC(C)(C)c5nc(C(=O)N6CCN(c7cc(C)c(C(=O)O)c(C)n7)CC6(C)C)ccc54)nc3)C(C)(C)C2)nc(C)c1C(=O)O. The first-order valence-electron chi connectivity index (χ1n) is 19.9. The van der Waals surface area contributed by atoms with Crippen molar-refractivity contribution >= 4 is 46.9 Å². The highest BCUT2D eigenvalue weighted by Gasteiger charge is 2.42. The molecule has 2 saturated heterocycles. The number of carboxylic acid groups (broad SMARTS) is 2. The summed E-state index contributed by atoms with van der Waals surface area (Å²) >= 11 is 0. The molecular formula is C44H53N9O6. The third kappa shape index (κ3) is 7.42. The van der Waals surface area contributed by atoms with Crippen molar-refractivity contribution in [1.82, 2.24) is 29.7 Å². The van der Waals surface area contributed by atoms with Crippen LogP contribution in [0.4, 0.5) is 23.1 Å². The summed E-state index contributed by atoms with van der Waals surface area (Å²) < 4.78 is 0. The molecule has 0 spiro atoms. The highest BCUT2D eigenvalue weighted by molar-refractivity contribution is 5.96. The van der Waals surface area contributed by atoms with E-state index in [1.54, 1.807) is 52.1 Å². The third-order valence-electron chi connectivity index (χ3n) is 12.0. The minimum atomic E-state index is -0.995. The molecule has 0 unspecified atom stereocenters. The number of aryl methyl sites for hydroxylation is 4. The van der Waals surface area contributed by atoms with Gasteiger partial charge in [0.05, 0.1) is 50.5 Å². The predicted octanol–water partition coefficient (Wildman–Crippen LogP) is 5.81. The monoisotopic (exact) mass is 803 g/mol. The van der Waals surface area contributed by atoms with Crippen molar-refractivity contribution < 1.29 is 29.4 Å². The van der Waals surface area contributed by atoms with Gasteiger partial charge in [0.25, 0.3) is 11.8 Å². The van der Waals surface area contributed by atoms with E-state index in [9.17, 15) is 29.4 Å². The van der Waals surface area contributed by atoms with E-state index >= 15 is 0 Å². The Morgan fingerprint density at radius 3 is 1.56 bits per heavy atom. The van der Waals surface area contributed by atoms with Crippen molar-refractivity contribution in [3.8, 4) is 0 Å². The van der Waals surface area contributed by atoms with Gasteiger partial charge in [-0.3, -0.25) is 9.59 Å². The van der Waals surface area contributed by atoms with Gasteiger partial charge in [0.1, 0.15) is 23.1 Å². The highest BCUT2D eigenvalue weighted by atomic mass is 16.4. The number of aromatic nitrogens is 4. The minimum absolute atomic E-state index is 0.122. The Labute approximate surface area is 344 Å². The number of hydrogen-bond donors (Lipinski definition) is 2. The first-order chi connectivity index (χ1) is 27.6. The fourth-order valence-electron chi connectivity index (χ4n) is 9.06. The van der Waals surface area contributed by atoms with Gasteiger partial charge in [-0.1, -0.05) is 13.8 Å². The van der Waals surface area contributed by atoms with Crippen LogP contribution >= 0.6 is 0 Å². The largest absolute Gasteiger partial charge is 0.478 e. The number of hydrogen-bond acceptors (Lipinski definition) is 11. The van der Waals surface area contributed by atoms with E-state index < -0.39 is 28.4 Å². The Balaban J connectivity index is 1.04. The van der Waals surface area contributed by atoms with E-state index in [2.05, 4.69) is 38.5 Å². The number of nitrogens with zero attached hydrogens (tertiary/aromatic N) is 9. The van der Waals surface area contributed by atoms with Crippen molar-refractivity contribution in [1.29, 1.82) is 0 Å². The molecule has 0 atom stereocenters. The molecule has 7 rings (SSSR count). The van der Waals surface area contributed by atoms with Gasteiger partial charge in [0, 0.05) is 57.4 Å². The smallest absolute Gasteiger partial charge is 0.337 e. The van der Waals surface area contributed by atoms with Crippen LogP contribution < -0.4 is 14.7 Å². The number of carbonyl (C=O) groups excluding carboxylic acids is 2. The second kappa shape index (κ2) is 14.6. The maximum absolute atomic E-state index is 14.2. The summed E-state index contributed by atoms with van der Waals surface area (Å²) in [6, 6.07) is 11.0. The first kappa shape index (κ1) is 41.1. The van der Waals surface area contributed by atoms with Crippen molar-refractivity contribution in [2.24, 2.45) is 0 Å². The van der Waals surface area contributed by atoms with Crippen LogP contribution in [0.2, 0.25) is 0 Å². The van der Waals surface area contributed by atoms with Gasteiger partial charge in [-0.05, 0) is 103 Å². The van der Waals surface area contributed by atoms with Gasteiger partial charge in [-0.15, -0.1) is 0 Å². The van der Waals surface area contributed by atoms with E-state index in [0.29, 0.717) is 97.0 Å². The number of rotatable bonds is 7. The molecule has 59 heavy (non-hydrogen) atoms. The molecule has 3 aliphatic rings. The number of fused-ring (bicyclic) bond motifs is 1. The molecule has 0 bridgehead atoms.